The zero-order valence-electron chi connectivity index (χ0n) is 9.52. The molecule has 1 aromatic rings. The van der Waals surface area contributed by atoms with Crippen LogP contribution in [0.5, 0.6) is 0 Å². The summed E-state index contributed by atoms with van der Waals surface area (Å²) in [5.41, 5.74) is 2.49. The number of benzene rings is 1. The van der Waals surface area contributed by atoms with Gasteiger partial charge in [-0.25, -0.2) is 0 Å². The van der Waals surface area contributed by atoms with Crippen molar-refractivity contribution in [2.24, 2.45) is 5.92 Å². The zero-order chi connectivity index (χ0) is 11.0. The molecule has 3 unspecified atom stereocenters. The normalized spacial score (nSPS) is 33.7. The maximum Gasteiger partial charge on any atom is 0.0838 e. The third-order valence-electron chi connectivity index (χ3n) is 4.10. The van der Waals surface area contributed by atoms with E-state index in [1.165, 1.54) is 24.8 Å². The quantitative estimate of drug-likeness (QED) is 0.754. The number of hydrogen-bond acceptors (Lipinski definition) is 2. The first kappa shape index (κ1) is 10.3. The van der Waals surface area contributed by atoms with Crippen LogP contribution >= 0.6 is 0 Å². The Balaban J connectivity index is 1.80. The van der Waals surface area contributed by atoms with Crippen LogP contribution in [0.4, 0.5) is 0 Å². The molecule has 0 spiro atoms. The molecule has 16 heavy (non-hydrogen) atoms. The topological polar surface area (TPSA) is 32.3 Å². The van der Waals surface area contributed by atoms with Crippen LogP contribution in [0.15, 0.2) is 24.3 Å². The SMILES string of the molecule is OC1c2ccccc2CC1C1CCCCN1. The monoisotopic (exact) mass is 217 g/mol. The van der Waals surface area contributed by atoms with Crippen LogP contribution in [0.25, 0.3) is 0 Å². The van der Waals surface area contributed by atoms with Crippen LogP contribution in [-0.2, 0) is 6.42 Å². The van der Waals surface area contributed by atoms with Gasteiger partial charge in [-0.05, 0) is 36.9 Å². The molecule has 0 aromatic heterocycles. The summed E-state index contributed by atoms with van der Waals surface area (Å²) in [6.45, 7) is 1.12. The van der Waals surface area contributed by atoms with E-state index < -0.39 is 0 Å². The molecule has 1 fully saturated rings. The Bertz CT molecular complexity index is 371. The van der Waals surface area contributed by atoms with Crippen molar-refractivity contribution in [3.05, 3.63) is 35.4 Å². The molecule has 1 saturated heterocycles. The van der Waals surface area contributed by atoms with Crippen molar-refractivity contribution >= 4 is 0 Å². The van der Waals surface area contributed by atoms with Crippen LogP contribution in [0.2, 0.25) is 0 Å². The molecule has 1 aliphatic heterocycles. The standard InChI is InChI=1S/C14H19NO/c16-14-11-6-2-1-5-10(11)9-12(14)13-7-3-4-8-15-13/h1-2,5-6,12-16H,3-4,7-9H2. The maximum atomic E-state index is 10.4. The smallest absolute Gasteiger partial charge is 0.0838 e. The fraction of sp³-hybridized carbons (Fsp3) is 0.571. The van der Waals surface area contributed by atoms with Gasteiger partial charge in [-0.2, -0.15) is 0 Å². The number of fused-ring (bicyclic) bond motifs is 1. The van der Waals surface area contributed by atoms with Gasteiger partial charge >= 0.3 is 0 Å². The molecule has 0 bridgehead atoms. The molecule has 2 N–H and O–H groups in total. The second kappa shape index (κ2) is 4.19. The Morgan fingerprint density at radius 2 is 2.06 bits per heavy atom. The molecule has 1 heterocycles. The summed E-state index contributed by atoms with van der Waals surface area (Å²) in [7, 11) is 0. The Hall–Kier alpha value is -0.860. The first-order chi connectivity index (χ1) is 7.86. The summed E-state index contributed by atoms with van der Waals surface area (Å²) in [5, 5.41) is 13.9. The van der Waals surface area contributed by atoms with Crippen molar-refractivity contribution in [2.75, 3.05) is 6.54 Å². The predicted octanol–water partition coefficient (Wildman–Crippen LogP) is 2.03. The zero-order valence-corrected chi connectivity index (χ0v) is 9.52. The van der Waals surface area contributed by atoms with Crippen LogP contribution in [0, 0.1) is 5.92 Å². The van der Waals surface area contributed by atoms with E-state index in [9.17, 15) is 5.11 Å². The van der Waals surface area contributed by atoms with Crippen molar-refractivity contribution in [1.29, 1.82) is 0 Å². The van der Waals surface area contributed by atoms with E-state index >= 15 is 0 Å². The van der Waals surface area contributed by atoms with Crippen molar-refractivity contribution in [1.82, 2.24) is 5.32 Å². The van der Waals surface area contributed by atoms with Crippen LogP contribution in [0.1, 0.15) is 36.5 Å². The number of aliphatic hydroxyl groups excluding tert-OH is 1. The average Bonchev–Trinajstić information content (AvgIpc) is 2.69. The maximum absolute atomic E-state index is 10.4. The average molecular weight is 217 g/mol. The number of rotatable bonds is 1. The minimum atomic E-state index is -0.258. The van der Waals surface area contributed by atoms with E-state index in [1.807, 2.05) is 6.07 Å². The highest BCUT2D eigenvalue weighted by Crippen LogP contribution is 2.39. The minimum Gasteiger partial charge on any atom is -0.388 e. The Kier molecular flexibility index (Phi) is 2.70. The Morgan fingerprint density at radius 3 is 2.81 bits per heavy atom. The summed E-state index contributed by atoms with van der Waals surface area (Å²) >= 11 is 0. The molecule has 0 saturated carbocycles. The van der Waals surface area contributed by atoms with Gasteiger partial charge in [0, 0.05) is 12.0 Å². The lowest BCUT2D eigenvalue weighted by molar-refractivity contribution is 0.0906. The lowest BCUT2D eigenvalue weighted by atomic mass is 9.88. The van der Waals surface area contributed by atoms with Crippen molar-refractivity contribution in [3.8, 4) is 0 Å². The Morgan fingerprint density at radius 1 is 1.19 bits per heavy atom. The molecule has 2 heteroatoms. The minimum absolute atomic E-state index is 0.258. The second-order valence-electron chi connectivity index (χ2n) is 5.07. The van der Waals surface area contributed by atoms with Gasteiger partial charge in [0.2, 0.25) is 0 Å². The van der Waals surface area contributed by atoms with E-state index in [-0.39, 0.29) is 6.10 Å². The molecule has 0 amide bonds. The van der Waals surface area contributed by atoms with Gasteiger partial charge in [-0.3, -0.25) is 0 Å². The highest BCUT2D eigenvalue weighted by Gasteiger charge is 2.36. The fourth-order valence-corrected chi connectivity index (χ4v) is 3.21. The highest BCUT2D eigenvalue weighted by molar-refractivity contribution is 5.35. The lowest BCUT2D eigenvalue weighted by Crippen LogP contribution is -2.41. The largest absolute Gasteiger partial charge is 0.388 e. The third kappa shape index (κ3) is 1.66. The van der Waals surface area contributed by atoms with Gasteiger partial charge in [0.1, 0.15) is 0 Å². The van der Waals surface area contributed by atoms with Gasteiger partial charge < -0.3 is 10.4 Å². The van der Waals surface area contributed by atoms with E-state index in [1.54, 1.807) is 0 Å². The van der Waals surface area contributed by atoms with E-state index in [4.69, 9.17) is 0 Å². The first-order valence-corrected chi connectivity index (χ1v) is 6.35. The van der Waals surface area contributed by atoms with Crippen molar-refractivity contribution in [2.45, 2.75) is 37.8 Å². The molecule has 1 aromatic carbocycles. The summed E-state index contributed by atoms with van der Waals surface area (Å²) in [5.74, 6) is 0.387. The van der Waals surface area contributed by atoms with Crippen LogP contribution < -0.4 is 5.32 Å². The van der Waals surface area contributed by atoms with E-state index in [0.717, 1.165) is 18.5 Å². The molecular formula is C14H19NO. The number of nitrogens with one attached hydrogen (secondary N) is 1. The molecular weight excluding hydrogens is 198 g/mol. The summed E-state index contributed by atoms with van der Waals surface area (Å²) in [4.78, 5) is 0. The van der Waals surface area contributed by atoms with Gasteiger partial charge in [0.05, 0.1) is 6.10 Å². The predicted molar refractivity (Wildman–Crippen MR) is 64.2 cm³/mol. The molecule has 1 aliphatic carbocycles. The van der Waals surface area contributed by atoms with Gasteiger partial charge in [-0.1, -0.05) is 30.7 Å². The Labute approximate surface area is 96.7 Å². The highest BCUT2D eigenvalue weighted by atomic mass is 16.3. The summed E-state index contributed by atoms with van der Waals surface area (Å²) in [6.07, 6.45) is 4.58. The van der Waals surface area contributed by atoms with Crippen molar-refractivity contribution in [3.63, 3.8) is 0 Å². The van der Waals surface area contributed by atoms with Gasteiger partial charge in [-0.15, -0.1) is 0 Å². The molecule has 3 rings (SSSR count). The fourth-order valence-electron chi connectivity index (χ4n) is 3.21. The molecule has 86 valence electrons. The summed E-state index contributed by atoms with van der Waals surface area (Å²) in [6, 6.07) is 8.83. The van der Waals surface area contributed by atoms with Crippen LogP contribution in [0.3, 0.4) is 0 Å². The molecule has 0 radical (unpaired) electrons. The third-order valence-corrected chi connectivity index (χ3v) is 4.10. The lowest BCUT2D eigenvalue weighted by Gasteiger charge is -2.30. The van der Waals surface area contributed by atoms with Gasteiger partial charge in [0.25, 0.3) is 0 Å². The van der Waals surface area contributed by atoms with E-state index in [2.05, 4.69) is 23.5 Å². The van der Waals surface area contributed by atoms with E-state index in [0.29, 0.717) is 12.0 Å². The van der Waals surface area contributed by atoms with Crippen LogP contribution in [-0.4, -0.2) is 17.7 Å². The van der Waals surface area contributed by atoms with Gasteiger partial charge in [0.15, 0.2) is 0 Å². The van der Waals surface area contributed by atoms with Crippen molar-refractivity contribution < 1.29 is 5.11 Å². The second-order valence-corrected chi connectivity index (χ2v) is 5.07. The molecule has 2 nitrogen and oxygen atoms in total. The number of hydrogen-bond donors (Lipinski definition) is 2. The number of aliphatic hydroxyl groups is 1. The summed E-state index contributed by atoms with van der Waals surface area (Å²) < 4.78 is 0. The first-order valence-electron chi connectivity index (χ1n) is 6.35. The number of piperidine rings is 1. The molecule has 2 aliphatic rings. The molecule has 3 atom stereocenters.